The summed E-state index contributed by atoms with van der Waals surface area (Å²) in [6, 6.07) is 8.33. The average Bonchev–Trinajstić information content (AvgIpc) is 2.53. The van der Waals surface area contributed by atoms with Crippen LogP contribution in [0.3, 0.4) is 0 Å². The number of carbonyl (C=O) groups excluding carboxylic acids is 1. The fourth-order valence-corrected chi connectivity index (χ4v) is 3.26. The third-order valence-corrected chi connectivity index (χ3v) is 4.43. The van der Waals surface area contributed by atoms with Gasteiger partial charge in [0.05, 0.1) is 13.2 Å². The molecule has 114 valence electrons. The molecule has 0 aromatic heterocycles. The maximum atomic E-state index is 11.5. The largest absolute Gasteiger partial charge is 0.378 e. The third-order valence-electron chi connectivity index (χ3n) is 4.43. The van der Waals surface area contributed by atoms with Gasteiger partial charge in [-0.2, -0.15) is 0 Å². The van der Waals surface area contributed by atoms with E-state index in [4.69, 9.17) is 10.5 Å². The van der Waals surface area contributed by atoms with Crippen LogP contribution in [0.2, 0.25) is 0 Å². The summed E-state index contributed by atoms with van der Waals surface area (Å²) in [6.07, 6.45) is 2.35. The Bertz CT molecular complexity index is 506. The normalized spacial score (nSPS) is 22.9. The van der Waals surface area contributed by atoms with Crippen molar-refractivity contribution in [3.8, 4) is 0 Å². The number of para-hydroxylation sites is 1. The maximum Gasteiger partial charge on any atom is 0.237 e. The van der Waals surface area contributed by atoms with Crippen LogP contribution in [-0.4, -0.2) is 56.2 Å². The van der Waals surface area contributed by atoms with Gasteiger partial charge in [-0.05, 0) is 24.5 Å². The lowest BCUT2D eigenvalue weighted by Crippen LogP contribution is -2.54. The number of morpholine rings is 1. The van der Waals surface area contributed by atoms with Crippen LogP contribution in [0.15, 0.2) is 24.3 Å². The molecule has 1 aromatic carbocycles. The predicted molar refractivity (Wildman–Crippen MR) is 82.4 cm³/mol. The molecule has 1 atom stereocenters. The highest BCUT2D eigenvalue weighted by Gasteiger charge is 2.28. The minimum atomic E-state index is -0.284. The molecule has 1 amide bonds. The van der Waals surface area contributed by atoms with Gasteiger partial charge in [-0.3, -0.25) is 9.69 Å². The maximum absolute atomic E-state index is 11.5. The summed E-state index contributed by atoms with van der Waals surface area (Å²) < 4.78 is 5.37. The Kier molecular flexibility index (Phi) is 4.41. The highest BCUT2D eigenvalue weighted by Crippen LogP contribution is 2.26. The fraction of sp³-hybridized carbons (Fsp3) is 0.562. The van der Waals surface area contributed by atoms with Crippen LogP contribution in [0, 0.1) is 0 Å². The number of benzene rings is 1. The van der Waals surface area contributed by atoms with E-state index in [-0.39, 0.29) is 11.9 Å². The van der Waals surface area contributed by atoms with E-state index in [2.05, 4.69) is 34.1 Å². The smallest absolute Gasteiger partial charge is 0.237 e. The summed E-state index contributed by atoms with van der Waals surface area (Å²) in [5.41, 5.74) is 8.24. The molecule has 3 rings (SSSR count). The van der Waals surface area contributed by atoms with Gasteiger partial charge in [0, 0.05) is 31.9 Å². The number of rotatable bonds is 4. The molecule has 2 aliphatic heterocycles. The fourth-order valence-electron chi connectivity index (χ4n) is 3.26. The molecule has 1 unspecified atom stereocenters. The van der Waals surface area contributed by atoms with E-state index in [0.717, 1.165) is 32.6 Å². The van der Waals surface area contributed by atoms with E-state index in [0.29, 0.717) is 13.2 Å². The van der Waals surface area contributed by atoms with Gasteiger partial charge in [0.2, 0.25) is 5.91 Å². The number of hydrogen-bond acceptors (Lipinski definition) is 4. The zero-order valence-corrected chi connectivity index (χ0v) is 12.3. The molecule has 1 saturated heterocycles. The highest BCUT2D eigenvalue weighted by atomic mass is 16.5. The molecule has 5 nitrogen and oxygen atoms in total. The summed E-state index contributed by atoms with van der Waals surface area (Å²) in [5, 5.41) is 0. The van der Waals surface area contributed by atoms with Crippen molar-refractivity contribution in [2.75, 3.05) is 44.3 Å². The Morgan fingerprint density at radius 3 is 3.00 bits per heavy atom. The summed E-state index contributed by atoms with van der Waals surface area (Å²) in [6.45, 7) is 4.75. The van der Waals surface area contributed by atoms with Crippen molar-refractivity contribution in [2.24, 2.45) is 5.73 Å². The standard InChI is InChI=1S/C16H23N3O2/c17-16(20)15-12-21-11-10-19(15)9-8-18-7-3-5-13-4-1-2-6-14(13)18/h1-2,4,6,15H,3,5,7-12H2,(H2,17,20). The van der Waals surface area contributed by atoms with E-state index in [1.54, 1.807) is 0 Å². The molecule has 0 bridgehead atoms. The molecule has 0 saturated carbocycles. The Balaban J connectivity index is 1.64. The number of fused-ring (bicyclic) bond motifs is 1. The van der Waals surface area contributed by atoms with Gasteiger partial charge in [-0.15, -0.1) is 0 Å². The number of aryl methyl sites for hydroxylation is 1. The van der Waals surface area contributed by atoms with Gasteiger partial charge < -0.3 is 15.4 Å². The molecule has 0 aliphatic carbocycles. The third kappa shape index (κ3) is 3.19. The van der Waals surface area contributed by atoms with Crippen LogP contribution >= 0.6 is 0 Å². The second-order valence-electron chi connectivity index (χ2n) is 5.75. The molecule has 1 aromatic rings. The second-order valence-corrected chi connectivity index (χ2v) is 5.75. The molecular weight excluding hydrogens is 266 g/mol. The van der Waals surface area contributed by atoms with E-state index in [1.165, 1.54) is 17.7 Å². The minimum Gasteiger partial charge on any atom is -0.378 e. The van der Waals surface area contributed by atoms with Crippen LogP contribution in [0.5, 0.6) is 0 Å². The number of primary amides is 1. The number of amides is 1. The minimum absolute atomic E-state index is 0.279. The van der Waals surface area contributed by atoms with Gasteiger partial charge in [-0.25, -0.2) is 0 Å². The van der Waals surface area contributed by atoms with Gasteiger partial charge >= 0.3 is 0 Å². The topological polar surface area (TPSA) is 58.8 Å². The zero-order chi connectivity index (χ0) is 14.7. The summed E-state index contributed by atoms with van der Waals surface area (Å²) in [4.78, 5) is 16.1. The van der Waals surface area contributed by atoms with Crippen molar-refractivity contribution in [2.45, 2.75) is 18.9 Å². The molecular formula is C16H23N3O2. The van der Waals surface area contributed by atoms with Crippen molar-refractivity contribution in [1.82, 2.24) is 4.90 Å². The van der Waals surface area contributed by atoms with Crippen LogP contribution in [0.25, 0.3) is 0 Å². The average molecular weight is 289 g/mol. The Morgan fingerprint density at radius 1 is 1.29 bits per heavy atom. The number of nitrogens with zero attached hydrogens (tertiary/aromatic N) is 2. The quantitative estimate of drug-likeness (QED) is 0.883. The SMILES string of the molecule is NC(=O)C1COCCN1CCN1CCCc2ccccc21. The molecule has 0 radical (unpaired) electrons. The first kappa shape index (κ1) is 14.4. The van der Waals surface area contributed by atoms with Gasteiger partial charge in [0.25, 0.3) is 0 Å². The van der Waals surface area contributed by atoms with E-state index in [1.807, 2.05) is 0 Å². The number of carbonyl (C=O) groups is 1. The van der Waals surface area contributed by atoms with Crippen molar-refractivity contribution in [3.05, 3.63) is 29.8 Å². The van der Waals surface area contributed by atoms with E-state index < -0.39 is 0 Å². The molecule has 0 spiro atoms. The monoisotopic (exact) mass is 289 g/mol. The van der Waals surface area contributed by atoms with Crippen LogP contribution in [0.4, 0.5) is 5.69 Å². The zero-order valence-electron chi connectivity index (χ0n) is 12.3. The number of hydrogen-bond donors (Lipinski definition) is 1. The second kappa shape index (κ2) is 6.45. The molecule has 5 heteroatoms. The Labute approximate surface area is 125 Å². The summed E-state index contributed by atoms with van der Waals surface area (Å²) >= 11 is 0. The number of anilines is 1. The van der Waals surface area contributed by atoms with E-state index >= 15 is 0 Å². The summed E-state index contributed by atoms with van der Waals surface area (Å²) in [5.74, 6) is -0.284. The molecule has 2 heterocycles. The van der Waals surface area contributed by atoms with Gasteiger partial charge in [0.1, 0.15) is 6.04 Å². The summed E-state index contributed by atoms with van der Waals surface area (Å²) in [7, 11) is 0. The number of ether oxygens (including phenoxy) is 1. The van der Waals surface area contributed by atoms with Crippen molar-refractivity contribution < 1.29 is 9.53 Å². The lowest BCUT2D eigenvalue weighted by Gasteiger charge is -2.37. The lowest BCUT2D eigenvalue weighted by atomic mass is 10.0. The van der Waals surface area contributed by atoms with E-state index in [9.17, 15) is 4.79 Å². The van der Waals surface area contributed by atoms with Crippen LogP contribution in [0.1, 0.15) is 12.0 Å². The van der Waals surface area contributed by atoms with Crippen molar-refractivity contribution in [3.63, 3.8) is 0 Å². The van der Waals surface area contributed by atoms with Gasteiger partial charge in [-0.1, -0.05) is 18.2 Å². The predicted octanol–water partition coefficient (Wildman–Crippen LogP) is 0.625. The van der Waals surface area contributed by atoms with Crippen LogP contribution < -0.4 is 10.6 Å². The number of nitrogens with two attached hydrogens (primary N) is 1. The first-order chi connectivity index (χ1) is 10.3. The van der Waals surface area contributed by atoms with Crippen molar-refractivity contribution >= 4 is 11.6 Å². The van der Waals surface area contributed by atoms with Crippen molar-refractivity contribution in [1.29, 1.82) is 0 Å². The van der Waals surface area contributed by atoms with Gasteiger partial charge in [0.15, 0.2) is 0 Å². The van der Waals surface area contributed by atoms with Crippen LogP contribution in [-0.2, 0) is 16.0 Å². The molecule has 2 aliphatic rings. The Morgan fingerprint density at radius 2 is 2.14 bits per heavy atom. The molecule has 1 fully saturated rings. The highest BCUT2D eigenvalue weighted by molar-refractivity contribution is 5.80. The lowest BCUT2D eigenvalue weighted by molar-refractivity contribution is -0.129. The Hall–Kier alpha value is -1.59. The first-order valence-corrected chi connectivity index (χ1v) is 7.69. The molecule has 2 N–H and O–H groups in total. The molecule has 21 heavy (non-hydrogen) atoms. The first-order valence-electron chi connectivity index (χ1n) is 7.69.